The van der Waals surface area contributed by atoms with Crippen LogP contribution in [0.25, 0.3) is 0 Å². The van der Waals surface area contributed by atoms with Crippen LogP contribution in [0.5, 0.6) is 0 Å². The van der Waals surface area contributed by atoms with Crippen LogP contribution in [-0.2, 0) is 4.75 Å². The summed E-state index contributed by atoms with van der Waals surface area (Å²) in [6.45, 7) is 4.59. The van der Waals surface area contributed by atoms with E-state index in [1.54, 1.807) is 0 Å². The minimum absolute atomic E-state index is 0.148. The summed E-state index contributed by atoms with van der Waals surface area (Å²) in [5, 5.41) is 0. The lowest BCUT2D eigenvalue weighted by Gasteiger charge is -2.32. The van der Waals surface area contributed by atoms with Crippen molar-refractivity contribution >= 4 is 23.5 Å². The summed E-state index contributed by atoms with van der Waals surface area (Å²) >= 11 is 3.81. The van der Waals surface area contributed by atoms with Crippen molar-refractivity contribution in [3.63, 3.8) is 0 Å². The number of benzene rings is 3. The molecular formula is C23H24S2. The molecule has 0 saturated heterocycles. The molecule has 0 heterocycles. The Morgan fingerprint density at radius 3 is 1.64 bits per heavy atom. The Labute approximate surface area is 160 Å². The fourth-order valence-electron chi connectivity index (χ4n) is 3.03. The van der Waals surface area contributed by atoms with E-state index in [9.17, 15) is 0 Å². The molecule has 2 heteroatoms. The minimum atomic E-state index is 0.148. The number of thioether (sulfide) groups is 1. The Hall–Kier alpha value is -1.64. The molecular weight excluding hydrogens is 340 g/mol. The Morgan fingerprint density at radius 1 is 0.600 bits per heavy atom. The molecule has 0 atom stereocenters. The molecule has 0 aliphatic heterocycles. The molecule has 0 fully saturated rings. The van der Waals surface area contributed by atoms with Gasteiger partial charge in [0.1, 0.15) is 0 Å². The van der Waals surface area contributed by atoms with Crippen molar-refractivity contribution in [2.75, 3.05) is 0 Å². The van der Waals surface area contributed by atoms with E-state index in [4.69, 9.17) is 0 Å². The van der Waals surface area contributed by atoms with Crippen LogP contribution in [0.15, 0.2) is 99.6 Å². The molecule has 0 bridgehead atoms. The van der Waals surface area contributed by atoms with Crippen LogP contribution in [0, 0.1) is 0 Å². The predicted octanol–water partition coefficient (Wildman–Crippen LogP) is 7.65. The number of hydrogen-bond donors (Lipinski definition) is 0. The quantitative estimate of drug-likeness (QED) is 0.395. The van der Waals surface area contributed by atoms with Gasteiger partial charge in [-0.25, -0.2) is 0 Å². The van der Waals surface area contributed by atoms with Crippen molar-refractivity contribution in [3.05, 3.63) is 90.5 Å². The fourth-order valence-corrected chi connectivity index (χ4v) is 5.13. The van der Waals surface area contributed by atoms with E-state index < -0.39 is 0 Å². The van der Waals surface area contributed by atoms with Gasteiger partial charge in [-0.3, -0.25) is 0 Å². The standard InChI is InChI=1S/C23H24S2/c1-3-23(4-2,19-11-7-5-8-12-19)25-22-17-15-21(16-18-22)24-20-13-9-6-10-14-20/h5-18H,3-4H2,1-2H3. The van der Waals surface area contributed by atoms with Crippen LogP contribution in [0.4, 0.5) is 0 Å². The smallest absolute Gasteiger partial charge is 0.0450 e. The van der Waals surface area contributed by atoms with Gasteiger partial charge in [0.25, 0.3) is 0 Å². The lowest BCUT2D eigenvalue weighted by atomic mass is 9.93. The summed E-state index contributed by atoms with van der Waals surface area (Å²) in [7, 11) is 0. The first-order valence-corrected chi connectivity index (χ1v) is 10.5. The summed E-state index contributed by atoms with van der Waals surface area (Å²) < 4.78 is 0.148. The monoisotopic (exact) mass is 364 g/mol. The van der Waals surface area contributed by atoms with Gasteiger partial charge >= 0.3 is 0 Å². The molecule has 0 amide bonds. The van der Waals surface area contributed by atoms with Gasteiger partial charge in [-0.05, 0) is 54.8 Å². The van der Waals surface area contributed by atoms with Crippen LogP contribution in [0.1, 0.15) is 32.3 Å². The van der Waals surface area contributed by atoms with Gasteiger partial charge in [-0.2, -0.15) is 0 Å². The Morgan fingerprint density at radius 2 is 1.08 bits per heavy atom. The van der Waals surface area contributed by atoms with Crippen LogP contribution in [0.3, 0.4) is 0 Å². The third-order valence-electron chi connectivity index (χ3n) is 4.56. The molecule has 0 aromatic heterocycles. The zero-order chi connectivity index (χ0) is 17.5. The number of hydrogen-bond acceptors (Lipinski definition) is 2. The summed E-state index contributed by atoms with van der Waals surface area (Å²) in [5.74, 6) is 0. The first-order chi connectivity index (χ1) is 12.3. The third-order valence-corrected chi connectivity index (χ3v) is 7.29. The van der Waals surface area contributed by atoms with Crippen LogP contribution in [-0.4, -0.2) is 0 Å². The molecule has 3 aromatic rings. The topological polar surface area (TPSA) is 0 Å². The van der Waals surface area contributed by atoms with E-state index in [1.807, 2.05) is 23.5 Å². The first-order valence-electron chi connectivity index (χ1n) is 8.83. The highest BCUT2D eigenvalue weighted by molar-refractivity contribution is 8.00. The van der Waals surface area contributed by atoms with Gasteiger partial charge in [0.2, 0.25) is 0 Å². The maximum absolute atomic E-state index is 2.29. The molecule has 0 radical (unpaired) electrons. The molecule has 0 aliphatic carbocycles. The summed E-state index contributed by atoms with van der Waals surface area (Å²) in [4.78, 5) is 3.91. The second-order valence-electron chi connectivity index (χ2n) is 6.06. The zero-order valence-corrected chi connectivity index (χ0v) is 16.4. The average molecular weight is 365 g/mol. The summed E-state index contributed by atoms with van der Waals surface area (Å²) in [6.07, 6.45) is 2.25. The molecule has 0 nitrogen and oxygen atoms in total. The second kappa shape index (κ2) is 8.64. The summed E-state index contributed by atoms with van der Waals surface area (Å²) in [6, 6.07) is 30.5. The lowest BCUT2D eigenvalue weighted by molar-refractivity contribution is 0.579. The van der Waals surface area contributed by atoms with E-state index in [1.165, 1.54) is 20.2 Å². The first kappa shape index (κ1) is 18.2. The lowest BCUT2D eigenvalue weighted by Crippen LogP contribution is -2.19. The normalized spacial score (nSPS) is 11.4. The SMILES string of the molecule is CCC(CC)(Sc1ccc(Sc2ccccc2)cc1)c1ccccc1. The third kappa shape index (κ3) is 4.50. The second-order valence-corrected chi connectivity index (χ2v) is 8.66. The van der Waals surface area contributed by atoms with E-state index >= 15 is 0 Å². The van der Waals surface area contributed by atoms with Crippen molar-refractivity contribution in [1.82, 2.24) is 0 Å². The van der Waals surface area contributed by atoms with Gasteiger partial charge in [0, 0.05) is 19.4 Å². The number of rotatable bonds is 7. The van der Waals surface area contributed by atoms with E-state index in [0.29, 0.717) is 0 Å². The predicted molar refractivity (Wildman–Crippen MR) is 112 cm³/mol. The van der Waals surface area contributed by atoms with Crippen molar-refractivity contribution in [1.29, 1.82) is 0 Å². The van der Waals surface area contributed by atoms with Gasteiger partial charge in [0.05, 0.1) is 0 Å². The fraction of sp³-hybridized carbons (Fsp3) is 0.217. The molecule has 0 saturated carbocycles. The largest absolute Gasteiger partial charge is 0.115 e. The molecule has 0 unspecified atom stereocenters. The maximum atomic E-state index is 2.29. The van der Waals surface area contributed by atoms with Crippen molar-refractivity contribution in [3.8, 4) is 0 Å². The van der Waals surface area contributed by atoms with Crippen molar-refractivity contribution < 1.29 is 0 Å². The van der Waals surface area contributed by atoms with Crippen LogP contribution >= 0.6 is 23.5 Å². The Bertz CT molecular complexity index is 760. The molecule has 3 rings (SSSR count). The highest BCUT2D eigenvalue weighted by Gasteiger charge is 2.29. The van der Waals surface area contributed by atoms with E-state index in [-0.39, 0.29) is 4.75 Å². The van der Waals surface area contributed by atoms with E-state index in [0.717, 1.165) is 12.8 Å². The Balaban J connectivity index is 1.77. The van der Waals surface area contributed by atoms with Crippen molar-refractivity contribution in [2.24, 2.45) is 0 Å². The maximum Gasteiger partial charge on any atom is 0.0450 e. The molecule has 0 N–H and O–H groups in total. The summed E-state index contributed by atoms with van der Waals surface area (Å²) in [5.41, 5.74) is 1.42. The zero-order valence-electron chi connectivity index (χ0n) is 14.8. The molecule has 25 heavy (non-hydrogen) atoms. The highest BCUT2D eigenvalue weighted by atomic mass is 32.2. The molecule has 3 aromatic carbocycles. The van der Waals surface area contributed by atoms with Gasteiger partial charge in [-0.1, -0.05) is 74.1 Å². The highest BCUT2D eigenvalue weighted by Crippen LogP contribution is 2.46. The molecule has 0 aliphatic rings. The van der Waals surface area contributed by atoms with Crippen LogP contribution < -0.4 is 0 Å². The van der Waals surface area contributed by atoms with Crippen LogP contribution in [0.2, 0.25) is 0 Å². The van der Waals surface area contributed by atoms with Gasteiger partial charge in [0.15, 0.2) is 0 Å². The Kier molecular flexibility index (Phi) is 6.28. The molecule has 0 spiro atoms. The van der Waals surface area contributed by atoms with Gasteiger partial charge in [-0.15, -0.1) is 11.8 Å². The molecule has 128 valence electrons. The van der Waals surface area contributed by atoms with Crippen molar-refractivity contribution in [2.45, 2.75) is 46.1 Å². The van der Waals surface area contributed by atoms with Gasteiger partial charge < -0.3 is 0 Å². The average Bonchev–Trinajstić information content (AvgIpc) is 2.69. The minimum Gasteiger partial charge on any atom is -0.115 e. The van der Waals surface area contributed by atoms with E-state index in [2.05, 4.69) is 98.8 Å².